The summed E-state index contributed by atoms with van der Waals surface area (Å²) >= 11 is 0. The Balaban J connectivity index is 1.77. The zero-order valence-electron chi connectivity index (χ0n) is 15.6. The topological polar surface area (TPSA) is 82.6 Å². The Morgan fingerprint density at radius 3 is 2.35 bits per heavy atom. The largest absolute Gasteiger partial charge is 0.450 e. The van der Waals surface area contributed by atoms with Gasteiger partial charge in [-0.25, -0.2) is 4.79 Å². The first-order valence-electron chi connectivity index (χ1n) is 8.89. The van der Waals surface area contributed by atoms with E-state index >= 15 is 0 Å². The average molecular weight is 427 g/mol. The van der Waals surface area contributed by atoms with Gasteiger partial charge in [0.15, 0.2) is 0 Å². The van der Waals surface area contributed by atoms with E-state index in [9.17, 15) is 28.1 Å². The number of rotatable bonds is 4. The molecule has 0 unspecified atom stereocenters. The van der Waals surface area contributed by atoms with E-state index in [1.807, 2.05) is 30.3 Å². The van der Waals surface area contributed by atoms with E-state index in [0.717, 1.165) is 11.6 Å². The van der Waals surface area contributed by atoms with Crippen molar-refractivity contribution >= 4 is 16.7 Å². The molecule has 6 nitrogen and oxygen atoms in total. The Morgan fingerprint density at radius 1 is 0.935 bits per heavy atom. The smallest absolute Gasteiger partial charge is 0.416 e. The highest BCUT2D eigenvalue weighted by Crippen LogP contribution is 2.38. The van der Waals surface area contributed by atoms with Crippen LogP contribution in [-0.4, -0.2) is 4.92 Å². The summed E-state index contributed by atoms with van der Waals surface area (Å²) < 4.78 is 49.3. The number of ether oxygens (including phenoxy) is 1. The molecule has 0 fully saturated rings. The summed E-state index contributed by atoms with van der Waals surface area (Å²) in [7, 11) is 0. The first kappa shape index (κ1) is 20.1. The van der Waals surface area contributed by atoms with E-state index < -0.39 is 28.0 Å². The van der Waals surface area contributed by atoms with Crippen LogP contribution in [0.25, 0.3) is 22.1 Å². The van der Waals surface area contributed by atoms with Crippen molar-refractivity contribution < 1.29 is 27.2 Å². The van der Waals surface area contributed by atoms with Crippen molar-refractivity contribution in [2.45, 2.75) is 6.18 Å². The van der Waals surface area contributed by atoms with Gasteiger partial charge in [0, 0.05) is 23.6 Å². The predicted octanol–water partition coefficient (Wildman–Crippen LogP) is 6.18. The summed E-state index contributed by atoms with van der Waals surface area (Å²) in [4.78, 5) is 22.3. The van der Waals surface area contributed by atoms with Gasteiger partial charge in [0.25, 0.3) is 0 Å². The van der Waals surface area contributed by atoms with Crippen molar-refractivity contribution in [3.8, 4) is 22.6 Å². The number of halogens is 3. The summed E-state index contributed by atoms with van der Waals surface area (Å²) in [6.45, 7) is 0. The van der Waals surface area contributed by atoms with Crippen molar-refractivity contribution in [2.24, 2.45) is 0 Å². The van der Waals surface area contributed by atoms with Gasteiger partial charge in [0.1, 0.15) is 11.3 Å². The van der Waals surface area contributed by atoms with Crippen molar-refractivity contribution in [2.75, 3.05) is 0 Å². The Bertz CT molecular complexity index is 1350. The number of alkyl halides is 3. The van der Waals surface area contributed by atoms with Crippen LogP contribution in [0.15, 0.2) is 82.0 Å². The fourth-order valence-electron chi connectivity index (χ4n) is 3.11. The lowest BCUT2D eigenvalue weighted by molar-refractivity contribution is -0.385. The highest BCUT2D eigenvalue weighted by molar-refractivity contribution is 5.93. The molecule has 31 heavy (non-hydrogen) atoms. The molecule has 0 aliphatic heterocycles. The molecule has 1 aromatic heterocycles. The number of nitro groups is 1. The molecule has 0 spiro atoms. The van der Waals surface area contributed by atoms with Gasteiger partial charge in [-0.15, -0.1) is 0 Å². The molecule has 0 amide bonds. The van der Waals surface area contributed by atoms with Crippen LogP contribution in [0, 0.1) is 10.1 Å². The van der Waals surface area contributed by atoms with Crippen LogP contribution in [0.4, 0.5) is 18.9 Å². The maximum absolute atomic E-state index is 12.9. The normalized spacial score (nSPS) is 11.5. The molecule has 0 N–H and O–H groups in total. The average Bonchev–Trinajstić information content (AvgIpc) is 2.73. The van der Waals surface area contributed by atoms with Crippen LogP contribution in [0.5, 0.6) is 11.5 Å². The zero-order chi connectivity index (χ0) is 22.2. The van der Waals surface area contributed by atoms with Gasteiger partial charge in [-0.2, -0.15) is 13.2 Å². The van der Waals surface area contributed by atoms with E-state index in [1.165, 1.54) is 18.2 Å². The maximum Gasteiger partial charge on any atom is 0.416 e. The molecule has 4 rings (SSSR count). The molecular formula is C22H12F3NO5. The van der Waals surface area contributed by atoms with Crippen molar-refractivity contribution in [3.05, 3.63) is 98.9 Å². The fraction of sp³-hybridized carbons (Fsp3) is 0.0455. The van der Waals surface area contributed by atoms with Crippen LogP contribution in [0.2, 0.25) is 0 Å². The quantitative estimate of drug-likeness (QED) is 0.221. The third-order valence-electron chi connectivity index (χ3n) is 4.51. The Kier molecular flexibility index (Phi) is 4.94. The molecule has 3 aromatic carbocycles. The van der Waals surface area contributed by atoms with Crippen LogP contribution in [-0.2, 0) is 6.18 Å². The Morgan fingerprint density at radius 2 is 1.68 bits per heavy atom. The summed E-state index contributed by atoms with van der Waals surface area (Å²) in [6, 6.07) is 16.9. The minimum atomic E-state index is -4.73. The summed E-state index contributed by atoms with van der Waals surface area (Å²) in [5, 5.41) is 11.8. The molecule has 0 bridgehead atoms. The van der Waals surface area contributed by atoms with Gasteiger partial charge in [-0.1, -0.05) is 30.3 Å². The van der Waals surface area contributed by atoms with Gasteiger partial charge < -0.3 is 9.15 Å². The van der Waals surface area contributed by atoms with Crippen LogP contribution in [0.1, 0.15) is 5.56 Å². The second-order valence-corrected chi connectivity index (χ2v) is 6.54. The molecule has 4 aromatic rings. The highest BCUT2D eigenvalue weighted by atomic mass is 19.4. The second kappa shape index (κ2) is 7.60. The summed E-state index contributed by atoms with van der Waals surface area (Å²) in [6.07, 6.45) is -4.73. The van der Waals surface area contributed by atoms with Crippen molar-refractivity contribution in [1.29, 1.82) is 0 Å². The number of nitrogens with zero attached hydrogens (tertiary/aromatic N) is 1. The molecule has 9 heteroatoms. The van der Waals surface area contributed by atoms with Crippen LogP contribution in [0.3, 0.4) is 0 Å². The number of hydrogen-bond acceptors (Lipinski definition) is 5. The molecule has 0 saturated carbocycles. The SMILES string of the molecule is O=c1cc(-c2ccccc2)c2ccc(Oc3ccc(C(F)(F)F)cc3[N+](=O)[O-])cc2o1. The van der Waals surface area contributed by atoms with Crippen LogP contribution < -0.4 is 10.4 Å². The molecule has 0 atom stereocenters. The monoisotopic (exact) mass is 427 g/mol. The lowest BCUT2D eigenvalue weighted by Crippen LogP contribution is -2.06. The standard InChI is InChI=1S/C22H12F3NO5/c23-22(24,25)14-6-9-19(18(10-14)26(28)29)30-15-7-8-16-17(13-4-2-1-3-5-13)12-21(27)31-20(16)11-15/h1-12H. The Labute approximate surface area is 172 Å². The van der Waals surface area contributed by atoms with Gasteiger partial charge in [0.05, 0.1) is 10.5 Å². The van der Waals surface area contributed by atoms with Gasteiger partial charge in [0.2, 0.25) is 5.75 Å². The van der Waals surface area contributed by atoms with Gasteiger partial charge in [-0.05, 0) is 35.4 Å². The molecule has 0 radical (unpaired) electrons. The number of fused-ring (bicyclic) bond motifs is 1. The minimum absolute atomic E-state index is 0.0590. The third-order valence-corrected chi connectivity index (χ3v) is 4.51. The van der Waals surface area contributed by atoms with E-state index in [0.29, 0.717) is 23.1 Å². The highest BCUT2D eigenvalue weighted by Gasteiger charge is 2.33. The van der Waals surface area contributed by atoms with Crippen LogP contribution >= 0.6 is 0 Å². The summed E-state index contributed by atoms with van der Waals surface area (Å²) in [5.41, 5.74) is -1.04. The number of benzene rings is 3. The van der Waals surface area contributed by atoms with Gasteiger partial charge >= 0.3 is 17.5 Å². The minimum Gasteiger partial charge on any atom is -0.450 e. The fourth-order valence-corrected chi connectivity index (χ4v) is 3.11. The Hall–Kier alpha value is -4.14. The summed E-state index contributed by atoms with van der Waals surface area (Å²) in [5.74, 6) is -0.317. The van der Waals surface area contributed by atoms with E-state index in [-0.39, 0.29) is 17.1 Å². The zero-order valence-corrected chi connectivity index (χ0v) is 15.6. The number of nitro benzene ring substituents is 1. The van der Waals surface area contributed by atoms with E-state index in [2.05, 4.69) is 0 Å². The molecule has 0 saturated heterocycles. The first-order valence-corrected chi connectivity index (χ1v) is 8.89. The first-order chi connectivity index (χ1) is 14.7. The molecule has 1 heterocycles. The van der Waals surface area contributed by atoms with E-state index in [4.69, 9.17) is 9.15 Å². The molecule has 156 valence electrons. The number of hydrogen-bond donors (Lipinski definition) is 0. The molecule has 0 aliphatic carbocycles. The van der Waals surface area contributed by atoms with Gasteiger partial charge in [-0.3, -0.25) is 10.1 Å². The second-order valence-electron chi connectivity index (χ2n) is 6.54. The van der Waals surface area contributed by atoms with Crippen molar-refractivity contribution in [3.63, 3.8) is 0 Å². The maximum atomic E-state index is 12.9. The molecule has 0 aliphatic rings. The predicted molar refractivity (Wildman–Crippen MR) is 106 cm³/mol. The lowest BCUT2D eigenvalue weighted by atomic mass is 10.0. The van der Waals surface area contributed by atoms with E-state index in [1.54, 1.807) is 6.07 Å². The molecular weight excluding hydrogens is 415 g/mol. The third kappa shape index (κ3) is 4.11. The lowest BCUT2D eigenvalue weighted by Gasteiger charge is -2.11. The van der Waals surface area contributed by atoms with Crippen molar-refractivity contribution in [1.82, 2.24) is 0 Å².